The number of benzene rings is 1. The van der Waals surface area contributed by atoms with Crippen molar-refractivity contribution in [1.29, 1.82) is 0 Å². The van der Waals surface area contributed by atoms with Crippen molar-refractivity contribution < 1.29 is 4.79 Å². The lowest BCUT2D eigenvalue weighted by molar-refractivity contribution is -0.120. The molecule has 0 saturated carbocycles. The largest absolute Gasteiger partial charge is 0.356 e. The quantitative estimate of drug-likeness (QED) is 0.612. The van der Waals surface area contributed by atoms with Crippen molar-refractivity contribution in [3.63, 3.8) is 0 Å². The molecule has 1 amide bonds. The predicted octanol–water partition coefficient (Wildman–Crippen LogP) is 3.47. The molecular weight excluding hydrogens is 374 g/mol. The summed E-state index contributed by atoms with van der Waals surface area (Å²) in [5.41, 5.74) is 6.80. The zero-order valence-corrected chi connectivity index (χ0v) is 18.2. The fourth-order valence-electron chi connectivity index (χ4n) is 4.43. The van der Waals surface area contributed by atoms with E-state index in [-0.39, 0.29) is 5.91 Å². The monoisotopic (exact) mass is 405 g/mol. The standard InChI is InChI=1S/C24H31N5O/c1-17-21(16-22(30)25-12-9-15-28-13-7-8-14-28)19(3)29-24(26-17)23(18(2)27-29)20-10-5-4-6-11-20/h4-6,10-11H,7-9,12-16H2,1-3H3,(H,25,30). The van der Waals surface area contributed by atoms with E-state index in [0.29, 0.717) is 6.42 Å². The van der Waals surface area contributed by atoms with Crippen molar-refractivity contribution in [2.75, 3.05) is 26.2 Å². The molecule has 3 aromatic rings. The van der Waals surface area contributed by atoms with Crippen LogP contribution in [0.25, 0.3) is 16.8 Å². The number of amides is 1. The zero-order chi connectivity index (χ0) is 21.1. The first-order valence-electron chi connectivity index (χ1n) is 10.9. The first kappa shape index (κ1) is 20.5. The van der Waals surface area contributed by atoms with Gasteiger partial charge in [-0.1, -0.05) is 30.3 Å². The predicted molar refractivity (Wildman–Crippen MR) is 120 cm³/mol. The number of nitrogens with one attached hydrogen (secondary N) is 1. The van der Waals surface area contributed by atoms with E-state index in [1.165, 1.54) is 25.9 Å². The van der Waals surface area contributed by atoms with Crippen LogP contribution in [0.15, 0.2) is 30.3 Å². The molecule has 6 heteroatoms. The van der Waals surface area contributed by atoms with Gasteiger partial charge in [0.05, 0.1) is 12.1 Å². The van der Waals surface area contributed by atoms with Crippen LogP contribution in [-0.2, 0) is 11.2 Å². The van der Waals surface area contributed by atoms with Gasteiger partial charge in [0.2, 0.25) is 5.91 Å². The highest BCUT2D eigenvalue weighted by Crippen LogP contribution is 2.29. The Morgan fingerprint density at radius 2 is 1.80 bits per heavy atom. The maximum Gasteiger partial charge on any atom is 0.224 e. The van der Waals surface area contributed by atoms with Crippen LogP contribution in [-0.4, -0.2) is 51.6 Å². The van der Waals surface area contributed by atoms with E-state index in [4.69, 9.17) is 10.1 Å². The van der Waals surface area contributed by atoms with Gasteiger partial charge in [-0.25, -0.2) is 9.50 Å². The lowest BCUT2D eigenvalue weighted by Crippen LogP contribution is -2.30. The topological polar surface area (TPSA) is 62.5 Å². The summed E-state index contributed by atoms with van der Waals surface area (Å²) in [6, 6.07) is 10.2. The summed E-state index contributed by atoms with van der Waals surface area (Å²) in [4.78, 5) is 19.9. The van der Waals surface area contributed by atoms with Crippen molar-refractivity contribution in [2.45, 2.75) is 46.5 Å². The summed E-state index contributed by atoms with van der Waals surface area (Å²) < 4.78 is 1.89. The number of likely N-dealkylation sites (tertiary alicyclic amines) is 1. The number of carbonyl (C=O) groups is 1. The molecule has 3 heterocycles. The number of hydrogen-bond donors (Lipinski definition) is 1. The van der Waals surface area contributed by atoms with Crippen LogP contribution < -0.4 is 5.32 Å². The van der Waals surface area contributed by atoms with Crippen LogP contribution in [0.4, 0.5) is 0 Å². The Morgan fingerprint density at radius 1 is 1.07 bits per heavy atom. The number of aryl methyl sites for hydroxylation is 3. The van der Waals surface area contributed by atoms with Crippen LogP contribution in [0, 0.1) is 20.8 Å². The fraction of sp³-hybridized carbons (Fsp3) is 0.458. The van der Waals surface area contributed by atoms with E-state index in [9.17, 15) is 4.79 Å². The minimum atomic E-state index is 0.0518. The summed E-state index contributed by atoms with van der Waals surface area (Å²) in [7, 11) is 0. The first-order chi connectivity index (χ1) is 14.5. The lowest BCUT2D eigenvalue weighted by atomic mass is 10.1. The number of fused-ring (bicyclic) bond motifs is 1. The minimum absolute atomic E-state index is 0.0518. The highest BCUT2D eigenvalue weighted by Gasteiger charge is 2.19. The number of nitrogens with zero attached hydrogens (tertiary/aromatic N) is 4. The van der Waals surface area contributed by atoms with Gasteiger partial charge >= 0.3 is 0 Å². The molecule has 1 aromatic carbocycles. The summed E-state index contributed by atoms with van der Waals surface area (Å²) >= 11 is 0. The molecule has 1 aliphatic heterocycles. The molecule has 6 nitrogen and oxygen atoms in total. The van der Waals surface area contributed by atoms with Crippen molar-refractivity contribution in [3.05, 3.63) is 53.0 Å². The summed E-state index contributed by atoms with van der Waals surface area (Å²) in [6.45, 7) is 10.2. The third-order valence-corrected chi connectivity index (χ3v) is 6.07. The molecule has 0 atom stereocenters. The molecule has 2 aromatic heterocycles. The molecule has 0 unspecified atom stereocenters. The molecule has 1 saturated heterocycles. The van der Waals surface area contributed by atoms with Gasteiger partial charge in [-0.05, 0) is 65.2 Å². The molecule has 1 aliphatic rings. The summed E-state index contributed by atoms with van der Waals surface area (Å²) in [5, 5.41) is 7.81. The van der Waals surface area contributed by atoms with Gasteiger partial charge in [0.1, 0.15) is 0 Å². The van der Waals surface area contributed by atoms with E-state index in [2.05, 4.69) is 22.3 Å². The van der Waals surface area contributed by atoms with E-state index >= 15 is 0 Å². The SMILES string of the molecule is Cc1nc2c(-c3ccccc3)c(C)nn2c(C)c1CC(=O)NCCCN1CCCC1. The molecule has 0 bridgehead atoms. The molecule has 30 heavy (non-hydrogen) atoms. The zero-order valence-electron chi connectivity index (χ0n) is 18.2. The number of rotatable bonds is 7. The Kier molecular flexibility index (Phi) is 6.13. The van der Waals surface area contributed by atoms with Crippen LogP contribution in [0.5, 0.6) is 0 Å². The van der Waals surface area contributed by atoms with Gasteiger partial charge in [-0.3, -0.25) is 4.79 Å². The number of aromatic nitrogens is 3. The average molecular weight is 406 g/mol. The van der Waals surface area contributed by atoms with Crippen LogP contribution in [0.1, 0.15) is 41.9 Å². The Bertz CT molecular complexity index is 1030. The summed E-state index contributed by atoms with van der Waals surface area (Å²) in [6.07, 6.45) is 3.95. The molecule has 158 valence electrons. The molecule has 0 spiro atoms. The second-order valence-corrected chi connectivity index (χ2v) is 8.25. The first-order valence-corrected chi connectivity index (χ1v) is 10.9. The van der Waals surface area contributed by atoms with Crippen molar-refractivity contribution in [3.8, 4) is 11.1 Å². The Labute approximate surface area is 178 Å². The van der Waals surface area contributed by atoms with Gasteiger partial charge in [0.15, 0.2) is 5.65 Å². The van der Waals surface area contributed by atoms with E-state index in [1.54, 1.807) is 0 Å². The van der Waals surface area contributed by atoms with Crippen LogP contribution >= 0.6 is 0 Å². The maximum atomic E-state index is 12.6. The molecule has 0 aliphatic carbocycles. The van der Waals surface area contributed by atoms with Crippen LogP contribution in [0.3, 0.4) is 0 Å². The number of carbonyl (C=O) groups excluding carboxylic acids is 1. The Balaban J connectivity index is 1.48. The normalized spacial score (nSPS) is 14.5. The Hall–Kier alpha value is -2.73. The molecule has 0 radical (unpaired) electrons. The van der Waals surface area contributed by atoms with E-state index in [1.807, 2.05) is 43.5 Å². The fourth-order valence-corrected chi connectivity index (χ4v) is 4.43. The minimum Gasteiger partial charge on any atom is -0.356 e. The molecule has 4 rings (SSSR count). The maximum absolute atomic E-state index is 12.6. The van der Waals surface area contributed by atoms with E-state index < -0.39 is 0 Å². The van der Waals surface area contributed by atoms with Crippen LogP contribution in [0.2, 0.25) is 0 Å². The third kappa shape index (κ3) is 4.24. The third-order valence-electron chi connectivity index (χ3n) is 6.07. The molecule has 1 fully saturated rings. The lowest BCUT2D eigenvalue weighted by Gasteiger charge is -2.15. The van der Waals surface area contributed by atoms with E-state index in [0.717, 1.165) is 58.9 Å². The van der Waals surface area contributed by atoms with Gasteiger partial charge in [0, 0.05) is 29.1 Å². The highest BCUT2D eigenvalue weighted by atomic mass is 16.1. The molecular formula is C24H31N5O. The van der Waals surface area contributed by atoms with Crippen molar-refractivity contribution in [1.82, 2.24) is 24.8 Å². The average Bonchev–Trinajstić information content (AvgIpc) is 3.37. The summed E-state index contributed by atoms with van der Waals surface area (Å²) in [5.74, 6) is 0.0518. The van der Waals surface area contributed by atoms with Crippen molar-refractivity contribution in [2.24, 2.45) is 0 Å². The van der Waals surface area contributed by atoms with Gasteiger partial charge < -0.3 is 10.2 Å². The van der Waals surface area contributed by atoms with Crippen molar-refractivity contribution >= 4 is 11.6 Å². The Morgan fingerprint density at radius 3 is 2.53 bits per heavy atom. The van der Waals surface area contributed by atoms with Gasteiger partial charge in [-0.15, -0.1) is 0 Å². The second kappa shape index (κ2) is 8.96. The smallest absolute Gasteiger partial charge is 0.224 e. The highest BCUT2D eigenvalue weighted by molar-refractivity contribution is 5.82. The second-order valence-electron chi connectivity index (χ2n) is 8.25. The number of hydrogen-bond acceptors (Lipinski definition) is 4. The molecule has 1 N–H and O–H groups in total. The van der Waals surface area contributed by atoms with Gasteiger partial charge in [0.25, 0.3) is 0 Å². The van der Waals surface area contributed by atoms with Gasteiger partial charge in [-0.2, -0.15) is 5.10 Å².